The molecule has 5 heteroatoms. The smallest absolute Gasteiger partial charge is 0.204 e. The maximum absolute atomic E-state index is 11.1. The van der Waals surface area contributed by atoms with Gasteiger partial charge in [0.1, 0.15) is 17.9 Å². The first kappa shape index (κ1) is 13.7. The molecule has 18 heavy (non-hydrogen) atoms. The van der Waals surface area contributed by atoms with E-state index in [-0.39, 0.29) is 23.7 Å². The van der Waals surface area contributed by atoms with Gasteiger partial charge >= 0.3 is 0 Å². The van der Waals surface area contributed by atoms with Gasteiger partial charge in [0.05, 0.1) is 21.3 Å². The van der Waals surface area contributed by atoms with Gasteiger partial charge in [0.25, 0.3) is 0 Å². The summed E-state index contributed by atoms with van der Waals surface area (Å²) in [5.74, 6) is 3.58. The lowest BCUT2D eigenvalue weighted by molar-refractivity contribution is 0.111. The summed E-state index contributed by atoms with van der Waals surface area (Å²) in [6.45, 7) is 0.0411. The standard InChI is InChI=1S/C13H14O5/c1-5-6-18-10-7-11(15-2)13(17-4)12(16-3)9(10)8-14/h1,7-8H,6H2,2-4H3. The second kappa shape index (κ2) is 6.40. The van der Waals surface area contributed by atoms with Crippen molar-refractivity contribution in [3.8, 4) is 35.3 Å². The highest BCUT2D eigenvalue weighted by atomic mass is 16.5. The van der Waals surface area contributed by atoms with E-state index in [9.17, 15) is 4.79 Å². The fourth-order valence-electron chi connectivity index (χ4n) is 1.51. The summed E-state index contributed by atoms with van der Waals surface area (Å²) in [6, 6.07) is 1.53. The molecule has 0 aromatic heterocycles. The molecular formula is C13H14O5. The number of carbonyl (C=O) groups excluding carboxylic acids is 1. The normalized spacial score (nSPS) is 9.22. The first-order chi connectivity index (χ1) is 8.73. The largest absolute Gasteiger partial charge is 0.493 e. The zero-order valence-corrected chi connectivity index (χ0v) is 10.5. The van der Waals surface area contributed by atoms with Crippen LogP contribution in [0.25, 0.3) is 0 Å². The van der Waals surface area contributed by atoms with Crippen LogP contribution in [0, 0.1) is 12.3 Å². The number of carbonyl (C=O) groups is 1. The minimum atomic E-state index is 0.0411. The lowest BCUT2D eigenvalue weighted by Gasteiger charge is -2.16. The zero-order valence-electron chi connectivity index (χ0n) is 10.5. The maximum atomic E-state index is 11.1. The Bertz CT molecular complexity index is 473. The number of benzene rings is 1. The predicted octanol–water partition coefficient (Wildman–Crippen LogP) is 1.54. The van der Waals surface area contributed by atoms with Crippen molar-refractivity contribution >= 4 is 6.29 Å². The molecular weight excluding hydrogens is 236 g/mol. The molecule has 0 atom stereocenters. The van der Waals surface area contributed by atoms with Crippen LogP contribution in [0.3, 0.4) is 0 Å². The Morgan fingerprint density at radius 2 is 1.83 bits per heavy atom. The molecule has 0 radical (unpaired) electrons. The third kappa shape index (κ3) is 2.48. The van der Waals surface area contributed by atoms with E-state index in [0.29, 0.717) is 17.8 Å². The number of hydrogen-bond donors (Lipinski definition) is 0. The molecule has 0 saturated carbocycles. The van der Waals surface area contributed by atoms with Crippen LogP contribution in [0.1, 0.15) is 10.4 Å². The molecule has 0 spiro atoms. The van der Waals surface area contributed by atoms with Crippen molar-refractivity contribution in [2.24, 2.45) is 0 Å². The highest BCUT2D eigenvalue weighted by Gasteiger charge is 2.21. The first-order valence-corrected chi connectivity index (χ1v) is 5.07. The van der Waals surface area contributed by atoms with Crippen molar-refractivity contribution < 1.29 is 23.7 Å². The van der Waals surface area contributed by atoms with Crippen molar-refractivity contribution in [2.45, 2.75) is 0 Å². The van der Waals surface area contributed by atoms with Crippen LogP contribution < -0.4 is 18.9 Å². The van der Waals surface area contributed by atoms with E-state index < -0.39 is 0 Å². The summed E-state index contributed by atoms with van der Waals surface area (Å²) >= 11 is 0. The summed E-state index contributed by atoms with van der Waals surface area (Å²) < 4.78 is 20.7. The molecule has 0 heterocycles. The molecule has 1 aromatic carbocycles. The summed E-state index contributed by atoms with van der Waals surface area (Å²) in [5, 5.41) is 0. The Kier molecular flexibility index (Phi) is 4.88. The number of methoxy groups -OCH3 is 3. The van der Waals surface area contributed by atoms with Crippen LogP contribution in [0.15, 0.2) is 6.07 Å². The molecule has 0 N–H and O–H groups in total. The van der Waals surface area contributed by atoms with E-state index in [4.69, 9.17) is 25.4 Å². The third-order valence-corrected chi connectivity index (χ3v) is 2.26. The molecule has 0 bridgehead atoms. The van der Waals surface area contributed by atoms with Crippen LogP contribution in [0.2, 0.25) is 0 Å². The first-order valence-electron chi connectivity index (χ1n) is 5.07. The minimum Gasteiger partial charge on any atom is -0.493 e. The van der Waals surface area contributed by atoms with Crippen molar-refractivity contribution in [2.75, 3.05) is 27.9 Å². The average Bonchev–Trinajstić information content (AvgIpc) is 2.42. The summed E-state index contributed by atoms with van der Waals surface area (Å²) in [7, 11) is 4.36. The SMILES string of the molecule is C#CCOc1cc(OC)c(OC)c(OC)c1C=O. The number of hydrogen-bond acceptors (Lipinski definition) is 5. The van der Waals surface area contributed by atoms with Gasteiger partial charge in [0.15, 0.2) is 17.8 Å². The van der Waals surface area contributed by atoms with E-state index >= 15 is 0 Å². The number of aldehydes is 1. The van der Waals surface area contributed by atoms with Crippen LogP contribution >= 0.6 is 0 Å². The summed E-state index contributed by atoms with van der Waals surface area (Å²) in [4.78, 5) is 11.1. The summed E-state index contributed by atoms with van der Waals surface area (Å²) in [5.41, 5.74) is 0.227. The van der Waals surface area contributed by atoms with Crippen molar-refractivity contribution in [3.63, 3.8) is 0 Å². The fourth-order valence-corrected chi connectivity index (χ4v) is 1.51. The molecule has 96 valence electrons. The van der Waals surface area contributed by atoms with Gasteiger partial charge in [-0.2, -0.15) is 0 Å². The molecule has 5 nitrogen and oxygen atoms in total. The lowest BCUT2D eigenvalue weighted by atomic mass is 10.1. The topological polar surface area (TPSA) is 54.0 Å². The molecule has 0 amide bonds. The number of terminal acetylenes is 1. The Morgan fingerprint density at radius 3 is 2.28 bits per heavy atom. The molecule has 0 aliphatic heterocycles. The van der Waals surface area contributed by atoms with E-state index in [2.05, 4.69) is 5.92 Å². The minimum absolute atomic E-state index is 0.0411. The molecule has 0 saturated heterocycles. The zero-order chi connectivity index (χ0) is 13.5. The quantitative estimate of drug-likeness (QED) is 0.566. The second-order valence-corrected chi connectivity index (χ2v) is 3.17. The Labute approximate surface area is 106 Å². The average molecular weight is 250 g/mol. The van der Waals surface area contributed by atoms with Gasteiger partial charge in [0.2, 0.25) is 5.75 Å². The van der Waals surface area contributed by atoms with Crippen molar-refractivity contribution in [3.05, 3.63) is 11.6 Å². The Hall–Kier alpha value is -2.35. The van der Waals surface area contributed by atoms with Gasteiger partial charge in [-0.25, -0.2) is 0 Å². The third-order valence-electron chi connectivity index (χ3n) is 2.26. The molecule has 0 aliphatic carbocycles. The van der Waals surface area contributed by atoms with E-state index in [1.54, 1.807) is 0 Å². The van der Waals surface area contributed by atoms with E-state index in [0.717, 1.165) is 0 Å². The van der Waals surface area contributed by atoms with E-state index in [1.807, 2.05) is 0 Å². The summed E-state index contributed by atoms with van der Waals surface area (Å²) in [6.07, 6.45) is 5.73. The van der Waals surface area contributed by atoms with Crippen molar-refractivity contribution in [1.29, 1.82) is 0 Å². The second-order valence-electron chi connectivity index (χ2n) is 3.17. The van der Waals surface area contributed by atoms with Gasteiger partial charge in [-0.3, -0.25) is 4.79 Å². The van der Waals surface area contributed by atoms with Gasteiger partial charge in [0, 0.05) is 6.07 Å². The molecule has 0 aliphatic rings. The van der Waals surface area contributed by atoms with Crippen LogP contribution in [0.4, 0.5) is 0 Å². The molecule has 0 fully saturated rings. The van der Waals surface area contributed by atoms with Gasteiger partial charge < -0.3 is 18.9 Å². The van der Waals surface area contributed by atoms with Crippen LogP contribution in [-0.2, 0) is 0 Å². The monoisotopic (exact) mass is 250 g/mol. The van der Waals surface area contributed by atoms with Gasteiger partial charge in [-0.1, -0.05) is 5.92 Å². The van der Waals surface area contributed by atoms with Crippen molar-refractivity contribution in [1.82, 2.24) is 0 Å². The van der Waals surface area contributed by atoms with Crippen LogP contribution in [0.5, 0.6) is 23.0 Å². The highest BCUT2D eigenvalue weighted by Crippen LogP contribution is 2.44. The number of rotatable bonds is 6. The molecule has 1 rings (SSSR count). The molecule has 0 unspecified atom stereocenters. The van der Waals surface area contributed by atoms with Crippen LogP contribution in [-0.4, -0.2) is 34.2 Å². The van der Waals surface area contributed by atoms with E-state index in [1.165, 1.54) is 27.4 Å². The molecule has 1 aromatic rings. The Balaban J connectivity index is 3.43. The van der Waals surface area contributed by atoms with Gasteiger partial charge in [-0.15, -0.1) is 6.42 Å². The highest BCUT2D eigenvalue weighted by molar-refractivity contribution is 5.87. The lowest BCUT2D eigenvalue weighted by Crippen LogP contribution is -2.03. The number of ether oxygens (including phenoxy) is 4. The van der Waals surface area contributed by atoms with Gasteiger partial charge in [-0.05, 0) is 0 Å². The predicted molar refractivity (Wildman–Crippen MR) is 65.8 cm³/mol. The maximum Gasteiger partial charge on any atom is 0.204 e. The Morgan fingerprint density at radius 1 is 1.17 bits per heavy atom. The fraction of sp³-hybridized carbons (Fsp3) is 0.308.